The second-order valence-electron chi connectivity index (χ2n) is 3.84. The van der Waals surface area contributed by atoms with Gasteiger partial charge >= 0.3 is 0 Å². The number of hydrogen-bond acceptors (Lipinski definition) is 1. The molecule has 0 atom stereocenters. The lowest BCUT2D eigenvalue weighted by molar-refractivity contribution is 0.496. The highest BCUT2D eigenvalue weighted by Crippen LogP contribution is 2.23. The maximum atomic E-state index is 13.4. The summed E-state index contributed by atoms with van der Waals surface area (Å²) in [5.74, 6) is -3.18. The normalized spacial score (nSPS) is 10.6. The molecule has 100 valence electrons. The zero-order valence-electron chi connectivity index (χ0n) is 9.48. The molecule has 1 N–H and O–H groups in total. The highest BCUT2D eigenvalue weighted by atomic mass is 79.9. The summed E-state index contributed by atoms with van der Waals surface area (Å²) < 4.78 is 40.0. The molecule has 0 unspecified atom stereocenters. The summed E-state index contributed by atoms with van der Waals surface area (Å²) in [5, 5.41) is 3.18. The van der Waals surface area contributed by atoms with E-state index in [0.29, 0.717) is 16.7 Å². The van der Waals surface area contributed by atoms with E-state index in [2.05, 4.69) is 21.2 Å². The Balaban J connectivity index is 2.19. The van der Waals surface area contributed by atoms with E-state index < -0.39 is 17.5 Å². The minimum absolute atomic E-state index is 0.116. The predicted molar refractivity (Wildman–Crippen MR) is 72.8 cm³/mol. The van der Waals surface area contributed by atoms with E-state index in [4.69, 9.17) is 11.6 Å². The minimum atomic E-state index is -1.22. The number of rotatable bonds is 3. The molecule has 0 radical (unpaired) electrons. The Morgan fingerprint density at radius 1 is 1.00 bits per heavy atom. The highest BCUT2D eigenvalue weighted by Gasteiger charge is 2.10. The lowest BCUT2D eigenvalue weighted by Gasteiger charge is -2.10. The molecule has 0 heterocycles. The molecule has 0 aliphatic rings. The van der Waals surface area contributed by atoms with Crippen molar-refractivity contribution in [2.45, 2.75) is 6.54 Å². The number of halogens is 5. The van der Waals surface area contributed by atoms with Gasteiger partial charge in [-0.1, -0.05) is 27.5 Å². The topological polar surface area (TPSA) is 12.0 Å². The lowest BCUT2D eigenvalue weighted by atomic mass is 10.2. The molecule has 0 aliphatic carbocycles. The minimum Gasteiger partial charge on any atom is -0.378 e. The van der Waals surface area contributed by atoms with Crippen LogP contribution in [-0.2, 0) is 6.54 Å². The molecule has 0 saturated carbocycles. The van der Waals surface area contributed by atoms with E-state index in [1.165, 1.54) is 0 Å². The maximum Gasteiger partial charge on any atom is 0.161 e. The Morgan fingerprint density at radius 2 is 1.68 bits per heavy atom. The van der Waals surface area contributed by atoms with Gasteiger partial charge in [0, 0.05) is 28.2 Å². The SMILES string of the molecule is Fc1cc(F)c(NCc2cc(Br)ccc2Cl)cc1F. The van der Waals surface area contributed by atoms with Crippen LogP contribution in [0, 0.1) is 17.5 Å². The fourth-order valence-corrected chi connectivity index (χ4v) is 2.12. The lowest BCUT2D eigenvalue weighted by Crippen LogP contribution is -2.03. The first-order valence-electron chi connectivity index (χ1n) is 5.29. The van der Waals surface area contributed by atoms with Crippen LogP contribution in [-0.4, -0.2) is 0 Å². The summed E-state index contributed by atoms with van der Waals surface area (Å²) in [6, 6.07) is 6.48. The molecule has 0 aliphatic heterocycles. The Hall–Kier alpha value is -1.20. The van der Waals surface area contributed by atoms with Crippen LogP contribution < -0.4 is 5.32 Å². The molecule has 2 aromatic carbocycles. The van der Waals surface area contributed by atoms with Crippen LogP contribution in [0.15, 0.2) is 34.8 Å². The van der Waals surface area contributed by atoms with Gasteiger partial charge in [0.2, 0.25) is 0 Å². The Kier molecular flexibility index (Phi) is 4.37. The van der Waals surface area contributed by atoms with Crippen LogP contribution in [0.4, 0.5) is 18.9 Å². The third kappa shape index (κ3) is 3.42. The number of nitrogens with one attached hydrogen (secondary N) is 1. The van der Waals surface area contributed by atoms with Gasteiger partial charge in [0.1, 0.15) is 5.82 Å². The molecule has 2 aromatic rings. The average Bonchev–Trinajstić information content (AvgIpc) is 2.36. The van der Waals surface area contributed by atoms with Crippen molar-refractivity contribution >= 4 is 33.2 Å². The zero-order chi connectivity index (χ0) is 14.0. The van der Waals surface area contributed by atoms with Crippen molar-refractivity contribution in [1.82, 2.24) is 0 Å². The first-order chi connectivity index (χ1) is 8.97. The van der Waals surface area contributed by atoms with E-state index in [1.54, 1.807) is 18.2 Å². The van der Waals surface area contributed by atoms with Crippen LogP contribution in [0.1, 0.15) is 5.56 Å². The van der Waals surface area contributed by atoms with Gasteiger partial charge in [0.05, 0.1) is 5.69 Å². The quantitative estimate of drug-likeness (QED) is 0.757. The standard InChI is InChI=1S/C13H8BrClF3N/c14-8-1-2-9(15)7(3-8)6-19-13-5-11(17)10(16)4-12(13)18/h1-5,19H,6H2. The van der Waals surface area contributed by atoms with Gasteiger partial charge in [0.15, 0.2) is 11.6 Å². The average molecular weight is 351 g/mol. The van der Waals surface area contributed by atoms with Crippen molar-refractivity contribution in [3.05, 3.63) is 62.8 Å². The van der Waals surface area contributed by atoms with Gasteiger partial charge in [-0.15, -0.1) is 0 Å². The second kappa shape index (κ2) is 5.84. The van der Waals surface area contributed by atoms with Crippen molar-refractivity contribution < 1.29 is 13.2 Å². The van der Waals surface area contributed by atoms with E-state index in [-0.39, 0.29) is 12.2 Å². The molecule has 0 bridgehead atoms. The van der Waals surface area contributed by atoms with Crippen LogP contribution in [0.5, 0.6) is 0 Å². The van der Waals surface area contributed by atoms with Gasteiger partial charge in [-0.2, -0.15) is 0 Å². The molecule has 0 fully saturated rings. The predicted octanol–water partition coefficient (Wildman–Crippen LogP) is 5.13. The second-order valence-corrected chi connectivity index (χ2v) is 5.16. The van der Waals surface area contributed by atoms with Gasteiger partial charge in [-0.05, 0) is 23.8 Å². The molecule has 19 heavy (non-hydrogen) atoms. The molecule has 1 nitrogen and oxygen atoms in total. The van der Waals surface area contributed by atoms with Crippen LogP contribution >= 0.6 is 27.5 Å². The fraction of sp³-hybridized carbons (Fsp3) is 0.0769. The van der Waals surface area contributed by atoms with Gasteiger partial charge in [0.25, 0.3) is 0 Å². The summed E-state index contributed by atoms with van der Waals surface area (Å²) in [5.41, 5.74) is 0.593. The van der Waals surface area contributed by atoms with E-state index in [1.807, 2.05) is 0 Å². The Labute approximate surface area is 121 Å². The molecular weight excluding hydrogens is 343 g/mol. The van der Waals surface area contributed by atoms with E-state index >= 15 is 0 Å². The van der Waals surface area contributed by atoms with Crippen molar-refractivity contribution in [3.63, 3.8) is 0 Å². The third-order valence-electron chi connectivity index (χ3n) is 2.49. The summed E-state index contributed by atoms with van der Waals surface area (Å²) >= 11 is 9.26. The molecule has 6 heteroatoms. The first kappa shape index (κ1) is 14.2. The summed E-state index contributed by atoms with van der Waals surface area (Å²) in [6.45, 7) is 0.195. The maximum absolute atomic E-state index is 13.4. The van der Waals surface area contributed by atoms with Crippen molar-refractivity contribution in [2.75, 3.05) is 5.32 Å². The Bertz CT molecular complexity index is 619. The van der Waals surface area contributed by atoms with Crippen LogP contribution in [0.2, 0.25) is 5.02 Å². The van der Waals surface area contributed by atoms with Gasteiger partial charge in [-0.3, -0.25) is 0 Å². The summed E-state index contributed by atoms with van der Waals surface area (Å²) in [6.07, 6.45) is 0. The summed E-state index contributed by atoms with van der Waals surface area (Å²) in [7, 11) is 0. The van der Waals surface area contributed by atoms with Gasteiger partial charge < -0.3 is 5.32 Å². The molecule has 0 aromatic heterocycles. The first-order valence-corrected chi connectivity index (χ1v) is 6.47. The van der Waals surface area contributed by atoms with Crippen molar-refractivity contribution in [3.8, 4) is 0 Å². The Morgan fingerprint density at radius 3 is 2.42 bits per heavy atom. The largest absolute Gasteiger partial charge is 0.378 e. The fourth-order valence-electron chi connectivity index (χ4n) is 1.53. The van der Waals surface area contributed by atoms with Crippen LogP contribution in [0.3, 0.4) is 0 Å². The highest BCUT2D eigenvalue weighted by molar-refractivity contribution is 9.10. The molecule has 0 spiro atoms. The molecule has 2 rings (SSSR count). The van der Waals surface area contributed by atoms with E-state index in [0.717, 1.165) is 10.5 Å². The number of benzene rings is 2. The molecule has 0 saturated heterocycles. The summed E-state index contributed by atoms with van der Waals surface area (Å²) in [4.78, 5) is 0. The van der Waals surface area contributed by atoms with Crippen LogP contribution in [0.25, 0.3) is 0 Å². The van der Waals surface area contributed by atoms with Gasteiger partial charge in [-0.25, -0.2) is 13.2 Å². The third-order valence-corrected chi connectivity index (χ3v) is 3.35. The molecule has 0 amide bonds. The number of hydrogen-bond donors (Lipinski definition) is 1. The molecular formula is C13H8BrClF3N. The van der Waals surface area contributed by atoms with E-state index in [9.17, 15) is 13.2 Å². The monoisotopic (exact) mass is 349 g/mol. The van der Waals surface area contributed by atoms with Crippen molar-refractivity contribution in [2.24, 2.45) is 0 Å². The zero-order valence-corrected chi connectivity index (χ0v) is 11.8. The van der Waals surface area contributed by atoms with Crippen molar-refractivity contribution in [1.29, 1.82) is 0 Å². The number of anilines is 1. The smallest absolute Gasteiger partial charge is 0.161 e.